The van der Waals surface area contributed by atoms with Crippen LogP contribution in [0.1, 0.15) is 25.7 Å². The van der Waals surface area contributed by atoms with E-state index in [4.69, 9.17) is 5.73 Å². The van der Waals surface area contributed by atoms with Gasteiger partial charge >= 0.3 is 0 Å². The molecule has 2 rings (SSSR count). The molecule has 0 spiro atoms. The van der Waals surface area contributed by atoms with Crippen molar-refractivity contribution < 1.29 is 4.39 Å². The van der Waals surface area contributed by atoms with E-state index in [0.717, 1.165) is 19.4 Å². The van der Waals surface area contributed by atoms with Crippen LogP contribution >= 0.6 is 0 Å². The van der Waals surface area contributed by atoms with E-state index in [1.54, 1.807) is 0 Å². The van der Waals surface area contributed by atoms with Crippen molar-refractivity contribution in [3.8, 4) is 0 Å². The van der Waals surface area contributed by atoms with Gasteiger partial charge < -0.3 is 11.1 Å². The Balaban J connectivity index is 1.93. The summed E-state index contributed by atoms with van der Waals surface area (Å²) in [6.07, 6.45) is 7.11. The van der Waals surface area contributed by atoms with E-state index in [9.17, 15) is 4.39 Å². The summed E-state index contributed by atoms with van der Waals surface area (Å²) in [4.78, 5) is 7.73. The molecule has 1 aromatic heterocycles. The van der Waals surface area contributed by atoms with Crippen molar-refractivity contribution in [1.29, 1.82) is 0 Å². The number of hydrogen-bond donors (Lipinski definition) is 2. The predicted octanol–water partition coefficient (Wildman–Crippen LogP) is 1.55. The van der Waals surface area contributed by atoms with Crippen LogP contribution < -0.4 is 11.1 Å². The lowest BCUT2D eigenvalue weighted by molar-refractivity contribution is 0.331. The van der Waals surface area contributed by atoms with Crippen LogP contribution in [0.25, 0.3) is 0 Å². The van der Waals surface area contributed by atoms with Crippen LogP contribution in [0.15, 0.2) is 12.4 Å². The number of hydrogen-bond acceptors (Lipinski definition) is 4. The summed E-state index contributed by atoms with van der Waals surface area (Å²) in [5.74, 6) is 0.0566. The maximum absolute atomic E-state index is 12.6. The number of halogens is 1. The highest BCUT2D eigenvalue weighted by Gasteiger charge is 2.32. The zero-order chi connectivity index (χ0) is 11.4. The molecule has 16 heavy (non-hydrogen) atoms. The van der Waals surface area contributed by atoms with Gasteiger partial charge in [-0.1, -0.05) is 12.8 Å². The molecular formula is C11H17FN4. The van der Waals surface area contributed by atoms with E-state index in [-0.39, 0.29) is 5.41 Å². The Morgan fingerprint density at radius 2 is 1.94 bits per heavy atom. The van der Waals surface area contributed by atoms with Gasteiger partial charge in [0.1, 0.15) is 0 Å². The van der Waals surface area contributed by atoms with Crippen molar-refractivity contribution in [3.63, 3.8) is 0 Å². The highest BCUT2D eigenvalue weighted by molar-refractivity contribution is 5.23. The van der Waals surface area contributed by atoms with Crippen molar-refractivity contribution in [2.45, 2.75) is 25.7 Å². The minimum atomic E-state index is -0.417. The van der Waals surface area contributed by atoms with E-state index in [2.05, 4.69) is 15.3 Å². The molecule has 3 N–H and O–H groups in total. The smallest absolute Gasteiger partial charge is 0.222 e. The molecular weight excluding hydrogens is 207 g/mol. The topological polar surface area (TPSA) is 63.8 Å². The highest BCUT2D eigenvalue weighted by Crippen LogP contribution is 2.36. The molecule has 0 atom stereocenters. The summed E-state index contributed by atoms with van der Waals surface area (Å²) in [6.45, 7) is 1.45. The molecule has 0 aliphatic heterocycles. The Kier molecular flexibility index (Phi) is 3.33. The van der Waals surface area contributed by atoms with Crippen molar-refractivity contribution in [3.05, 3.63) is 18.2 Å². The molecule has 88 valence electrons. The molecule has 1 aliphatic rings. The summed E-state index contributed by atoms with van der Waals surface area (Å²) in [7, 11) is 0. The van der Waals surface area contributed by atoms with Gasteiger partial charge in [-0.3, -0.25) is 0 Å². The molecule has 4 nitrogen and oxygen atoms in total. The lowest BCUT2D eigenvalue weighted by atomic mass is 9.86. The summed E-state index contributed by atoms with van der Waals surface area (Å²) >= 11 is 0. The van der Waals surface area contributed by atoms with Gasteiger partial charge in [-0.25, -0.2) is 14.4 Å². The predicted molar refractivity (Wildman–Crippen MR) is 60.4 cm³/mol. The van der Waals surface area contributed by atoms with Crippen LogP contribution in [-0.2, 0) is 0 Å². The third-order valence-corrected chi connectivity index (χ3v) is 3.34. The normalized spacial score (nSPS) is 18.6. The zero-order valence-corrected chi connectivity index (χ0v) is 9.25. The molecule has 5 heteroatoms. The Morgan fingerprint density at radius 1 is 1.31 bits per heavy atom. The maximum atomic E-state index is 12.6. The summed E-state index contributed by atoms with van der Waals surface area (Å²) < 4.78 is 12.6. The fourth-order valence-electron chi connectivity index (χ4n) is 2.25. The van der Waals surface area contributed by atoms with E-state index in [0.29, 0.717) is 12.5 Å². The van der Waals surface area contributed by atoms with E-state index in [1.807, 2.05) is 0 Å². The quantitative estimate of drug-likeness (QED) is 0.814. The summed E-state index contributed by atoms with van der Waals surface area (Å²) in [5.41, 5.74) is 5.99. The molecule has 1 heterocycles. The Labute approximate surface area is 94.5 Å². The van der Waals surface area contributed by atoms with E-state index < -0.39 is 5.82 Å². The van der Waals surface area contributed by atoms with Gasteiger partial charge in [-0.05, 0) is 24.8 Å². The lowest BCUT2D eigenvalue weighted by Crippen LogP contribution is -2.35. The molecule has 1 aromatic rings. The van der Waals surface area contributed by atoms with Crippen LogP contribution in [0.5, 0.6) is 0 Å². The monoisotopic (exact) mass is 224 g/mol. The zero-order valence-electron chi connectivity index (χ0n) is 9.25. The number of nitrogens with zero attached hydrogens (tertiary/aromatic N) is 2. The van der Waals surface area contributed by atoms with Crippen molar-refractivity contribution in [2.24, 2.45) is 11.1 Å². The van der Waals surface area contributed by atoms with Crippen LogP contribution in [0.4, 0.5) is 10.3 Å². The van der Waals surface area contributed by atoms with Crippen LogP contribution in [-0.4, -0.2) is 23.1 Å². The number of nitrogens with two attached hydrogens (primary N) is 1. The summed E-state index contributed by atoms with van der Waals surface area (Å²) in [5, 5.41) is 3.14. The standard InChI is InChI=1S/C11H17FN4/c12-9-5-14-10(15-6-9)16-8-11(7-13)3-1-2-4-11/h5-6H,1-4,7-8,13H2,(H,14,15,16). The Hall–Kier alpha value is -1.23. The van der Waals surface area contributed by atoms with Crippen molar-refractivity contribution in [1.82, 2.24) is 9.97 Å². The Bertz CT molecular complexity index is 332. The molecule has 0 aromatic carbocycles. The first-order valence-electron chi connectivity index (χ1n) is 5.66. The molecule has 1 aliphatic carbocycles. The molecule has 0 bridgehead atoms. The van der Waals surface area contributed by atoms with Gasteiger partial charge in [-0.15, -0.1) is 0 Å². The second-order valence-corrected chi connectivity index (χ2v) is 4.49. The number of aromatic nitrogens is 2. The summed E-state index contributed by atoms with van der Waals surface area (Å²) in [6, 6.07) is 0. The first-order valence-corrected chi connectivity index (χ1v) is 5.66. The van der Waals surface area contributed by atoms with Crippen LogP contribution in [0.3, 0.4) is 0 Å². The van der Waals surface area contributed by atoms with Crippen LogP contribution in [0, 0.1) is 11.2 Å². The second kappa shape index (κ2) is 4.74. The second-order valence-electron chi connectivity index (χ2n) is 4.49. The fourth-order valence-corrected chi connectivity index (χ4v) is 2.25. The highest BCUT2D eigenvalue weighted by atomic mass is 19.1. The molecule has 1 fully saturated rings. The average Bonchev–Trinajstić information content (AvgIpc) is 2.78. The fraction of sp³-hybridized carbons (Fsp3) is 0.636. The van der Waals surface area contributed by atoms with Gasteiger partial charge in [0.15, 0.2) is 5.82 Å². The molecule has 0 saturated heterocycles. The Morgan fingerprint density at radius 3 is 2.50 bits per heavy atom. The molecule has 0 unspecified atom stereocenters. The SMILES string of the molecule is NCC1(CNc2ncc(F)cn2)CCCC1. The molecule has 0 amide bonds. The minimum absolute atomic E-state index is 0.178. The largest absolute Gasteiger partial charge is 0.354 e. The first kappa shape index (κ1) is 11.3. The average molecular weight is 224 g/mol. The number of rotatable bonds is 4. The lowest BCUT2D eigenvalue weighted by Gasteiger charge is -2.27. The van der Waals surface area contributed by atoms with Gasteiger partial charge in [0.05, 0.1) is 12.4 Å². The van der Waals surface area contributed by atoms with Gasteiger partial charge in [-0.2, -0.15) is 0 Å². The number of nitrogens with one attached hydrogen (secondary N) is 1. The van der Waals surface area contributed by atoms with Crippen molar-refractivity contribution >= 4 is 5.95 Å². The third kappa shape index (κ3) is 2.47. The maximum Gasteiger partial charge on any atom is 0.222 e. The van der Waals surface area contributed by atoms with Gasteiger partial charge in [0.2, 0.25) is 5.95 Å². The van der Waals surface area contributed by atoms with E-state index >= 15 is 0 Å². The third-order valence-electron chi connectivity index (χ3n) is 3.34. The van der Waals surface area contributed by atoms with Crippen molar-refractivity contribution in [2.75, 3.05) is 18.4 Å². The first-order chi connectivity index (χ1) is 7.74. The van der Waals surface area contributed by atoms with Gasteiger partial charge in [0.25, 0.3) is 0 Å². The number of anilines is 1. The molecule has 0 radical (unpaired) electrons. The minimum Gasteiger partial charge on any atom is -0.354 e. The van der Waals surface area contributed by atoms with Crippen LogP contribution in [0.2, 0.25) is 0 Å². The van der Waals surface area contributed by atoms with E-state index in [1.165, 1.54) is 25.2 Å². The molecule has 1 saturated carbocycles. The van der Waals surface area contributed by atoms with Gasteiger partial charge in [0, 0.05) is 6.54 Å².